The van der Waals surface area contributed by atoms with E-state index < -0.39 is 0 Å². The topological polar surface area (TPSA) is 3.24 Å². The van der Waals surface area contributed by atoms with Crippen LogP contribution in [0.2, 0.25) is 0 Å². The SMILES string of the molecule is CCc1ccc(CN2CCC3(C)C=CC=CC23)cc1. The zero-order chi connectivity index (χ0) is 13.3. The second-order valence-electron chi connectivity index (χ2n) is 6.09. The number of aryl methyl sites for hydroxylation is 1. The third-order valence-corrected chi connectivity index (χ3v) is 4.71. The Morgan fingerprint density at radius 1 is 1.16 bits per heavy atom. The molecule has 1 aliphatic carbocycles. The number of hydrogen-bond acceptors (Lipinski definition) is 1. The fraction of sp³-hybridized carbons (Fsp3) is 0.444. The largest absolute Gasteiger partial charge is 0.292 e. The summed E-state index contributed by atoms with van der Waals surface area (Å²) in [6.07, 6.45) is 11.6. The van der Waals surface area contributed by atoms with E-state index in [9.17, 15) is 0 Å². The highest BCUT2D eigenvalue weighted by Gasteiger charge is 2.41. The number of nitrogens with zero attached hydrogens (tertiary/aromatic N) is 1. The molecule has 0 radical (unpaired) electrons. The van der Waals surface area contributed by atoms with Gasteiger partial charge in [0.05, 0.1) is 0 Å². The van der Waals surface area contributed by atoms with Gasteiger partial charge in [-0.25, -0.2) is 0 Å². The maximum absolute atomic E-state index is 2.61. The minimum atomic E-state index is 0.345. The van der Waals surface area contributed by atoms with Crippen molar-refractivity contribution in [2.75, 3.05) is 6.54 Å². The van der Waals surface area contributed by atoms with Crippen LogP contribution in [0.3, 0.4) is 0 Å². The van der Waals surface area contributed by atoms with Crippen molar-refractivity contribution in [3.8, 4) is 0 Å². The minimum Gasteiger partial charge on any atom is -0.292 e. The molecular weight excluding hydrogens is 230 g/mol. The summed E-state index contributed by atoms with van der Waals surface area (Å²) in [6, 6.07) is 9.68. The first-order valence-corrected chi connectivity index (χ1v) is 7.39. The first kappa shape index (κ1) is 12.7. The molecule has 100 valence electrons. The highest BCUT2D eigenvalue weighted by atomic mass is 15.2. The molecule has 0 bridgehead atoms. The molecule has 2 unspecified atom stereocenters. The average Bonchev–Trinajstić information content (AvgIpc) is 2.77. The molecule has 1 nitrogen and oxygen atoms in total. The third kappa shape index (κ3) is 2.40. The van der Waals surface area contributed by atoms with E-state index in [1.165, 1.54) is 24.1 Å². The Balaban J connectivity index is 1.73. The Bertz CT molecular complexity index is 497. The van der Waals surface area contributed by atoms with Gasteiger partial charge in [0.25, 0.3) is 0 Å². The van der Waals surface area contributed by atoms with E-state index >= 15 is 0 Å². The number of likely N-dealkylation sites (tertiary alicyclic amines) is 1. The van der Waals surface area contributed by atoms with Gasteiger partial charge in [-0.15, -0.1) is 0 Å². The third-order valence-electron chi connectivity index (χ3n) is 4.71. The summed E-state index contributed by atoms with van der Waals surface area (Å²) >= 11 is 0. The molecule has 1 aromatic carbocycles. The van der Waals surface area contributed by atoms with E-state index in [4.69, 9.17) is 0 Å². The summed E-state index contributed by atoms with van der Waals surface area (Å²) < 4.78 is 0. The molecule has 0 N–H and O–H groups in total. The molecule has 0 amide bonds. The van der Waals surface area contributed by atoms with Crippen molar-refractivity contribution in [3.63, 3.8) is 0 Å². The van der Waals surface area contributed by atoms with Crippen LogP contribution in [0.25, 0.3) is 0 Å². The van der Waals surface area contributed by atoms with Crippen LogP contribution < -0.4 is 0 Å². The predicted molar refractivity (Wildman–Crippen MR) is 81.0 cm³/mol. The fourth-order valence-corrected chi connectivity index (χ4v) is 3.35. The monoisotopic (exact) mass is 253 g/mol. The van der Waals surface area contributed by atoms with Crippen LogP contribution in [0.4, 0.5) is 0 Å². The normalized spacial score (nSPS) is 29.7. The Morgan fingerprint density at radius 2 is 1.89 bits per heavy atom. The minimum absolute atomic E-state index is 0.345. The number of allylic oxidation sites excluding steroid dienone is 2. The van der Waals surface area contributed by atoms with Gasteiger partial charge in [0.15, 0.2) is 0 Å². The van der Waals surface area contributed by atoms with Crippen molar-refractivity contribution in [3.05, 3.63) is 59.7 Å². The van der Waals surface area contributed by atoms with Gasteiger partial charge in [0.2, 0.25) is 0 Å². The van der Waals surface area contributed by atoms with Gasteiger partial charge < -0.3 is 0 Å². The summed E-state index contributed by atoms with van der Waals surface area (Å²) in [4.78, 5) is 2.61. The molecule has 1 aromatic rings. The Morgan fingerprint density at radius 3 is 2.63 bits per heavy atom. The predicted octanol–water partition coefficient (Wildman–Crippen LogP) is 3.96. The molecule has 19 heavy (non-hydrogen) atoms. The molecule has 0 saturated carbocycles. The lowest BCUT2D eigenvalue weighted by Crippen LogP contribution is -2.36. The van der Waals surface area contributed by atoms with Crippen molar-refractivity contribution in [1.29, 1.82) is 0 Å². The standard InChI is InChI=1S/C18H23N/c1-3-15-7-9-16(10-8-15)14-19-13-12-18(2)11-5-4-6-17(18)19/h4-11,17H,3,12-14H2,1-2H3. The second-order valence-corrected chi connectivity index (χ2v) is 6.09. The molecule has 1 aliphatic heterocycles. The Labute approximate surface area is 116 Å². The highest BCUT2D eigenvalue weighted by molar-refractivity contribution is 5.27. The molecular formula is C18H23N. The lowest BCUT2D eigenvalue weighted by molar-refractivity contribution is 0.233. The smallest absolute Gasteiger partial charge is 0.0373 e. The summed E-state index contributed by atoms with van der Waals surface area (Å²) in [5.41, 5.74) is 3.21. The lowest BCUT2D eigenvalue weighted by atomic mass is 9.79. The van der Waals surface area contributed by atoms with Crippen molar-refractivity contribution in [2.24, 2.45) is 5.41 Å². The first-order valence-electron chi connectivity index (χ1n) is 7.39. The summed E-state index contributed by atoms with van der Waals surface area (Å²) in [7, 11) is 0. The van der Waals surface area contributed by atoms with E-state index in [1.54, 1.807) is 0 Å². The summed E-state index contributed by atoms with van der Waals surface area (Å²) in [5.74, 6) is 0. The van der Waals surface area contributed by atoms with Gasteiger partial charge in [0, 0.05) is 18.0 Å². The van der Waals surface area contributed by atoms with Crippen molar-refractivity contribution in [1.82, 2.24) is 4.90 Å². The maximum Gasteiger partial charge on any atom is 0.0373 e. The fourth-order valence-electron chi connectivity index (χ4n) is 3.35. The van der Waals surface area contributed by atoms with Gasteiger partial charge in [0.1, 0.15) is 0 Å². The van der Waals surface area contributed by atoms with E-state index in [0.717, 1.165) is 13.0 Å². The molecule has 2 atom stereocenters. The van der Waals surface area contributed by atoms with Crippen LogP contribution in [-0.2, 0) is 13.0 Å². The number of hydrogen-bond donors (Lipinski definition) is 0. The van der Waals surface area contributed by atoms with Gasteiger partial charge in [-0.2, -0.15) is 0 Å². The van der Waals surface area contributed by atoms with Crippen LogP contribution in [0, 0.1) is 5.41 Å². The molecule has 3 rings (SSSR count). The van der Waals surface area contributed by atoms with Crippen LogP contribution in [0.15, 0.2) is 48.6 Å². The number of benzene rings is 1. The van der Waals surface area contributed by atoms with Gasteiger partial charge in [-0.05, 0) is 30.5 Å². The van der Waals surface area contributed by atoms with E-state index in [-0.39, 0.29) is 0 Å². The van der Waals surface area contributed by atoms with Gasteiger partial charge >= 0.3 is 0 Å². The zero-order valence-electron chi connectivity index (χ0n) is 12.0. The Hall–Kier alpha value is -1.34. The molecule has 1 saturated heterocycles. The molecule has 0 spiro atoms. The van der Waals surface area contributed by atoms with Crippen LogP contribution in [-0.4, -0.2) is 17.5 Å². The molecule has 0 aromatic heterocycles. The van der Waals surface area contributed by atoms with E-state index in [1.807, 2.05) is 0 Å². The quantitative estimate of drug-likeness (QED) is 0.788. The van der Waals surface area contributed by atoms with Crippen molar-refractivity contribution < 1.29 is 0 Å². The summed E-state index contributed by atoms with van der Waals surface area (Å²) in [6.45, 7) is 6.87. The number of rotatable bonds is 3. The molecule has 1 heterocycles. The lowest BCUT2D eigenvalue weighted by Gasteiger charge is -2.32. The molecule has 1 heteroatoms. The van der Waals surface area contributed by atoms with Crippen molar-refractivity contribution in [2.45, 2.75) is 39.3 Å². The van der Waals surface area contributed by atoms with Crippen LogP contribution in [0.5, 0.6) is 0 Å². The highest BCUT2D eigenvalue weighted by Crippen LogP contribution is 2.41. The second kappa shape index (κ2) is 4.97. The van der Waals surface area contributed by atoms with Crippen LogP contribution >= 0.6 is 0 Å². The maximum atomic E-state index is 2.61. The number of fused-ring (bicyclic) bond motifs is 1. The molecule has 2 aliphatic rings. The van der Waals surface area contributed by atoms with E-state index in [2.05, 4.69) is 67.3 Å². The Kier molecular flexibility index (Phi) is 3.32. The van der Waals surface area contributed by atoms with Crippen LogP contribution in [0.1, 0.15) is 31.4 Å². The van der Waals surface area contributed by atoms with Gasteiger partial charge in [-0.3, -0.25) is 4.90 Å². The summed E-state index contributed by atoms with van der Waals surface area (Å²) in [5, 5.41) is 0. The average molecular weight is 253 g/mol. The first-order chi connectivity index (χ1) is 9.21. The van der Waals surface area contributed by atoms with Crippen molar-refractivity contribution >= 4 is 0 Å². The molecule has 1 fully saturated rings. The van der Waals surface area contributed by atoms with E-state index in [0.29, 0.717) is 11.5 Å². The van der Waals surface area contributed by atoms with Gasteiger partial charge in [-0.1, -0.05) is 62.4 Å². The zero-order valence-corrected chi connectivity index (χ0v) is 12.0.